The van der Waals surface area contributed by atoms with E-state index in [0.29, 0.717) is 18.1 Å². The van der Waals surface area contributed by atoms with Crippen LogP contribution in [0.3, 0.4) is 0 Å². The van der Waals surface area contributed by atoms with E-state index in [2.05, 4.69) is 0 Å². The minimum atomic E-state index is -0.456. The fourth-order valence-electron chi connectivity index (χ4n) is 1.83. The summed E-state index contributed by atoms with van der Waals surface area (Å²) in [5.41, 5.74) is 0.885. The van der Waals surface area contributed by atoms with Crippen molar-refractivity contribution < 1.29 is 19.0 Å². The van der Waals surface area contributed by atoms with Gasteiger partial charge in [0.25, 0.3) is 0 Å². The molecule has 2 aromatic carbocycles. The standard InChI is InChI=1S/C18H18O4/c1-3-21-16-6-4-5-7-17(16)22-18(19)13-10-14-8-11-15(20-2)12-9-14/h4-13H,3H2,1-2H3/b13-10+. The summed E-state index contributed by atoms with van der Waals surface area (Å²) < 4.78 is 15.8. The molecule has 0 radical (unpaired) electrons. The van der Waals surface area contributed by atoms with E-state index in [0.717, 1.165) is 11.3 Å². The van der Waals surface area contributed by atoms with E-state index < -0.39 is 5.97 Å². The monoisotopic (exact) mass is 298 g/mol. The predicted octanol–water partition coefficient (Wildman–Crippen LogP) is 3.71. The molecule has 0 saturated carbocycles. The molecule has 0 heterocycles. The highest BCUT2D eigenvalue weighted by atomic mass is 16.6. The first-order valence-corrected chi connectivity index (χ1v) is 6.98. The molecular formula is C18H18O4. The lowest BCUT2D eigenvalue weighted by Crippen LogP contribution is -2.05. The Morgan fingerprint density at radius 3 is 2.36 bits per heavy atom. The van der Waals surface area contributed by atoms with Gasteiger partial charge in [-0.3, -0.25) is 0 Å². The summed E-state index contributed by atoms with van der Waals surface area (Å²) in [6.07, 6.45) is 3.07. The van der Waals surface area contributed by atoms with Crippen molar-refractivity contribution in [2.75, 3.05) is 13.7 Å². The maximum Gasteiger partial charge on any atom is 0.336 e. The van der Waals surface area contributed by atoms with Crippen LogP contribution in [-0.4, -0.2) is 19.7 Å². The van der Waals surface area contributed by atoms with E-state index in [9.17, 15) is 4.79 Å². The number of para-hydroxylation sites is 2. The van der Waals surface area contributed by atoms with Crippen molar-refractivity contribution >= 4 is 12.0 Å². The number of carbonyl (C=O) groups is 1. The van der Waals surface area contributed by atoms with Gasteiger partial charge in [0.2, 0.25) is 0 Å². The summed E-state index contributed by atoms with van der Waals surface area (Å²) in [5, 5.41) is 0. The highest BCUT2D eigenvalue weighted by Crippen LogP contribution is 2.26. The number of methoxy groups -OCH3 is 1. The van der Waals surface area contributed by atoms with Crippen molar-refractivity contribution in [2.24, 2.45) is 0 Å². The van der Waals surface area contributed by atoms with Crippen LogP contribution in [0.25, 0.3) is 6.08 Å². The molecule has 0 atom stereocenters. The predicted molar refractivity (Wildman–Crippen MR) is 85.3 cm³/mol. The first-order valence-electron chi connectivity index (χ1n) is 6.98. The third kappa shape index (κ3) is 4.38. The highest BCUT2D eigenvalue weighted by Gasteiger charge is 2.07. The molecule has 114 valence electrons. The molecule has 0 spiro atoms. The van der Waals surface area contributed by atoms with Gasteiger partial charge < -0.3 is 14.2 Å². The van der Waals surface area contributed by atoms with Crippen molar-refractivity contribution in [3.05, 3.63) is 60.2 Å². The average Bonchev–Trinajstić information content (AvgIpc) is 2.55. The molecule has 2 aromatic rings. The topological polar surface area (TPSA) is 44.8 Å². The van der Waals surface area contributed by atoms with Crippen LogP contribution < -0.4 is 14.2 Å². The molecule has 0 aliphatic heterocycles. The summed E-state index contributed by atoms with van der Waals surface area (Å²) in [7, 11) is 1.61. The number of esters is 1. The summed E-state index contributed by atoms with van der Waals surface area (Å²) in [5.74, 6) is 1.28. The minimum Gasteiger partial charge on any atom is -0.497 e. The van der Waals surface area contributed by atoms with E-state index in [1.165, 1.54) is 6.08 Å². The number of ether oxygens (including phenoxy) is 3. The normalized spacial score (nSPS) is 10.5. The molecule has 0 unspecified atom stereocenters. The number of benzene rings is 2. The van der Waals surface area contributed by atoms with Crippen LogP contribution in [0, 0.1) is 0 Å². The summed E-state index contributed by atoms with van der Waals surface area (Å²) in [6, 6.07) is 14.5. The van der Waals surface area contributed by atoms with Gasteiger partial charge in [0.1, 0.15) is 5.75 Å². The fourth-order valence-corrected chi connectivity index (χ4v) is 1.83. The van der Waals surface area contributed by atoms with Crippen LogP contribution in [0.5, 0.6) is 17.2 Å². The smallest absolute Gasteiger partial charge is 0.336 e. The molecular weight excluding hydrogens is 280 g/mol. The molecule has 4 nitrogen and oxygen atoms in total. The van der Waals surface area contributed by atoms with Crippen LogP contribution in [0.4, 0.5) is 0 Å². The van der Waals surface area contributed by atoms with Crippen molar-refractivity contribution in [3.8, 4) is 17.2 Å². The van der Waals surface area contributed by atoms with Crippen LogP contribution in [-0.2, 0) is 4.79 Å². The van der Waals surface area contributed by atoms with Crippen LogP contribution in [0.1, 0.15) is 12.5 Å². The Morgan fingerprint density at radius 1 is 1.05 bits per heavy atom. The molecule has 0 aromatic heterocycles. The second-order valence-electron chi connectivity index (χ2n) is 4.41. The van der Waals surface area contributed by atoms with E-state index in [1.807, 2.05) is 37.3 Å². The van der Waals surface area contributed by atoms with Crippen LogP contribution >= 0.6 is 0 Å². The Labute approximate surface area is 129 Å². The van der Waals surface area contributed by atoms with Crippen LogP contribution in [0.2, 0.25) is 0 Å². The first-order chi connectivity index (χ1) is 10.7. The molecule has 0 amide bonds. The molecule has 0 aliphatic rings. The Hall–Kier alpha value is -2.75. The molecule has 0 fully saturated rings. The zero-order valence-electron chi connectivity index (χ0n) is 12.6. The largest absolute Gasteiger partial charge is 0.497 e. The van der Waals surface area contributed by atoms with E-state index in [4.69, 9.17) is 14.2 Å². The second kappa shape index (κ2) is 7.88. The van der Waals surface area contributed by atoms with Crippen LogP contribution in [0.15, 0.2) is 54.6 Å². The molecule has 22 heavy (non-hydrogen) atoms. The summed E-state index contributed by atoms with van der Waals surface area (Å²) >= 11 is 0. The number of rotatable bonds is 6. The fraction of sp³-hybridized carbons (Fsp3) is 0.167. The molecule has 0 N–H and O–H groups in total. The van der Waals surface area contributed by atoms with Gasteiger partial charge in [-0.15, -0.1) is 0 Å². The third-order valence-electron chi connectivity index (χ3n) is 2.89. The zero-order chi connectivity index (χ0) is 15.8. The minimum absolute atomic E-state index is 0.411. The van der Waals surface area contributed by atoms with Gasteiger partial charge in [0.05, 0.1) is 13.7 Å². The molecule has 4 heteroatoms. The first kappa shape index (κ1) is 15.6. The summed E-state index contributed by atoms with van der Waals surface area (Å²) in [6.45, 7) is 2.39. The third-order valence-corrected chi connectivity index (χ3v) is 2.89. The number of hydrogen-bond donors (Lipinski definition) is 0. The average molecular weight is 298 g/mol. The van der Waals surface area contributed by atoms with Crippen molar-refractivity contribution in [1.29, 1.82) is 0 Å². The number of carbonyl (C=O) groups excluding carboxylic acids is 1. The van der Waals surface area contributed by atoms with Gasteiger partial charge in [0.15, 0.2) is 11.5 Å². The maximum atomic E-state index is 11.9. The quantitative estimate of drug-likeness (QED) is 0.463. The van der Waals surface area contributed by atoms with Crippen molar-refractivity contribution in [1.82, 2.24) is 0 Å². The highest BCUT2D eigenvalue weighted by molar-refractivity contribution is 5.89. The summed E-state index contributed by atoms with van der Waals surface area (Å²) in [4.78, 5) is 11.9. The van der Waals surface area contributed by atoms with Gasteiger partial charge in [-0.2, -0.15) is 0 Å². The van der Waals surface area contributed by atoms with Crippen molar-refractivity contribution in [3.63, 3.8) is 0 Å². The number of hydrogen-bond acceptors (Lipinski definition) is 4. The second-order valence-corrected chi connectivity index (χ2v) is 4.41. The lowest BCUT2D eigenvalue weighted by Gasteiger charge is -2.08. The van der Waals surface area contributed by atoms with Gasteiger partial charge >= 0.3 is 5.97 Å². The Bertz CT molecular complexity index is 644. The van der Waals surface area contributed by atoms with E-state index in [1.54, 1.807) is 31.4 Å². The van der Waals surface area contributed by atoms with Gasteiger partial charge in [-0.05, 0) is 42.8 Å². The van der Waals surface area contributed by atoms with Gasteiger partial charge in [-0.1, -0.05) is 24.3 Å². The maximum absolute atomic E-state index is 11.9. The molecule has 0 saturated heterocycles. The van der Waals surface area contributed by atoms with E-state index >= 15 is 0 Å². The molecule has 0 aliphatic carbocycles. The Morgan fingerprint density at radius 2 is 1.73 bits per heavy atom. The zero-order valence-corrected chi connectivity index (χ0v) is 12.6. The molecule has 0 bridgehead atoms. The van der Waals surface area contributed by atoms with E-state index in [-0.39, 0.29) is 0 Å². The van der Waals surface area contributed by atoms with Gasteiger partial charge in [-0.25, -0.2) is 4.79 Å². The SMILES string of the molecule is CCOc1ccccc1OC(=O)/C=C/c1ccc(OC)cc1. The molecule has 2 rings (SSSR count). The lowest BCUT2D eigenvalue weighted by molar-refractivity contribution is -0.129. The lowest BCUT2D eigenvalue weighted by atomic mass is 10.2. The van der Waals surface area contributed by atoms with Crippen molar-refractivity contribution in [2.45, 2.75) is 6.92 Å². The Kier molecular flexibility index (Phi) is 5.60. The Balaban J connectivity index is 2.01. The van der Waals surface area contributed by atoms with Gasteiger partial charge in [0, 0.05) is 6.08 Å².